The van der Waals surface area contributed by atoms with Crippen molar-refractivity contribution < 1.29 is 22.8 Å². The van der Waals surface area contributed by atoms with Gasteiger partial charge in [0.25, 0.3) is 0 Å². The van der Waals surface area contributed by atoms with E-state index < -0.39 is 18.8 Å². The first kappa shape index (κ1) is 13.6. The third kappa shape index (κ3) is 4.49. The van der Waals surface area contributed by atoms with Crippen molar-refractivity contribution in [1.82, 2.24) is 15.1 Å². The molecule has 8 heteroatoms. The van der Waals surface area contributed by atoms with Crippen LogP contribution in [0.15, 0.2) is 0 Å². The number of carbonyl (C=O) groups is 2. The van der Waals surface area contributed by atoms with Gasteiger partial charge in [0.1, 0.15) is 6.54 Å². The Balaban J connectivity index is 2.33. The van der Waals surface area contributed by atoms with E-state index in [-0.39, 0.29) is 19.0 Å². The van der Waals surface area contributed by atoms with E-state index in [4.69, 9.17) is 0 Å². The van der Waals surface area contributed by atoms with Crippen LogP contribution in [0.3, 0.4) is 0 Å². The second-order valence-electron chi connectivity index (χ2n) is 3.77. The summed E-state index contributed by atoms with van der Waals surface area (Å²) in [5, 5.41) is 1.79. The van der Waals surface area contributed by atoms with E-state index in [2.05, 4.69) is 0 Å². The van der Waals surface area contributed by atoms with Gasteiger partial charge in [-0.3, -0.25) is 4.79 Å². The van der Waals surface area contributed by atoms with Gasteiger partial charge in [0.15, 0.2) is 0 Å². The maximum Gasteiger partial charge on any atom is 0.405 e. The first-order valence-corrected chi connectivity index (χ1v) is 5.14. The van der Waals surface area contributed by atoms with Crippen LogP contribution in [0.1, 0.15) is 6.92 Å². The maximum absolute atomic E-state index is 11.9. The monoisotopic (exact) mass is 253 g/mol. The Morgan fingerprint density at radius 1 is 1.12 bits per heavy atom. The fourth-order valence-electron chi connectivity index (χ4n) is 1.51. The van der Waals surface area contributed by atoms with Crippen LogP contribution in [-0.2, 0) is 4.79 Å². The van der Waals surface area contributed by atoms with Crippen LogP contribution in [0.25, 0.3) is 0 Å². The molecule has 1 fully saturated rings. The van der Waals surface area contributed by atoms with Crippen molar-refractivity contribution >= 4 is 11.9 Å². The molecule has 98 valence electrons. The van der Waals surface area contributed by atoms with Crippen LogP contribution in [0.2, 0.25) is 0 Å². The molecule has 0 atom stereocenters. The molecule has 0 radical (unpaired) electrons. The van der Waals surface area contributed by atoms with Gasteiger partial charge in [-0.1, -0.05) is 0 Å². The molecule has 0 aromatic rings. The van der Waals surface area contributed by atoms with Crippen molar-refractivity contribution in [2.24, 2.45) is 0 Å². The zero-order valence-corrected chi connectivity index (χ0v) is 9.38. The second kappa shape index (κ2) is 5.24. The van der Waals surface area contributed by atoms with E-state index in [1.807, 2.05) is 0 Å². The van der Waals surface area contributed by atoms with Gasteiger partial charge in [-0.2, -0.15) is 13.2 Å². The fraction of sp³-hybridized carbons (Fsp3) is 0.778. The SMILES string of the molecule is CC(=O)N1CCN(C(=O)NCC(F)(F)F)CC1. The molecule has 0 saturated carbocycles. The fourth-order valence-corrected chi connectivity index (χ4v) is 1.51. The van der Waals surface area contributed by atoms with E-state index in [1.54, 1.807) is 10.2 Å². The number of urea groups is 1. The largest absolute Gasteiger partial charge is 0.405 e. The molecule has 1 rings (SSSR count). The second-order valence-corrected chi connectivity index (χ2v) is 3.77. The average Bonchev–Trinajstić information content (AvgIpc) is 2.25. The molecule has 1 aliphatic rings. The Kier molecular flexibility index (Phi) is 4.19. The molecule has 5 nitrogen and oxygen atoms in total. The summed E-state index contributed by atoms with van der Waals surface area (Å²) < 4.78 is 35.6. The number of hydrogen-bond acceptors (Lipinski definition) is 2. The van der Waals surface area contributed by atoms with Gasteiger partial charge in [-0.25, -0.2) is 4.79 Å². The highest BCUT2D eigenvalue weighted by atomic mass is 19.4. The molecule has 0 aromatic carbocycles. The lowest BCUT2D eigenvalue weighted by atomic mass is 10.3. The number of rotatable bonds is 1. The van der Waals surface area contributed by atoms with Crippen LogP contribution in [0, 0.1) is 0 Å². The topological polar surface area (TPSA) is 52.7 Å². The first-order valence-electron chi connectivity index (χ1n) is 5.14. The minimum absolute atomic E-state index is 0.0969. The van der Waals surface area contributed by atoms with Gasteiger partial charge in [0, 0.05) is 33.1 Å². The number of alkyl halides is 3. The van der Waals surface area contributed by atoms with Gasteiger partial charge in [-0.05, 0) is 0 Å². The molecule has 0 unspecified atom stereocenters. The molecular formula is C9H14F3N3O2. The normalized spacial score (nSPS) is 16.9. The quantitative estimate of drug-likeness (QED) is 0.736. The molecule has 1 N–H and O–H groups in total. The number of nitrogens with one attached hydrogen (secondary N) is 1. The third-order valence-electron chi connectivity index (χ3n) is 2.45. The number of hydrogen-bond donors (Lipinski definition) is 1. The summed E-state index contributed by atoms with van der Waals surface area (Å²) in [4.78, 5) is 25.1. The van der Waals surface area contributed by atoms with Crippen molar-refractivity contribution in [3.63, 3.8) is 0 Å². The number of piperazine rings is 1. The van der Waals surface area contributed by atoms with Crippen molar-refractivity contribution in [3.05, 3.63) is 0 Å². The molecule has 1 saturated heterocycles. The zero-order valence-electron chi connectivity index (χ0n) is 9.38. The van der Waals surface area contributed by atoms with Crippen LogP contribution >= 0.6 is 0 Å². The van der Waals surface area contributed by atoms with Gasteiger partial charge >= 0.3 is 12.2 Å². The minimum Gasteiger partial charge on any atom is -0.339 e. The van der Waals surface area contributed by atoms with Gasteiger partial charge < -0.3 is 15.1 Å². The summed E-state index contributed by atoms with van der Waals surface area (Å²) in [5.74, 6) is -0.0969. The van der Waals surface area contributed by atoms with E-state index in [0.717, 1.165) is 0 Å². The lowest BCUT2D eigenvalue weighted by Gasteiger charge is -2.34. The molecule has 17 heavy (non-hydrogen) atoms. The van der Waals surface area contributed by atoms with Gasteiger partial charge in [-0.15, -0.1) is 0 Å². The molecule has 0 spiro atoms. The smallest absolute Gasteiger partial charge is 0.339 e. The Morgan fingerprint density at radius 3 is 2.00 bits per heavy atom. The number of amides is 3. The summed E-state index contributed by atoms with van der Waals surface area (Å²) in [6.07, 6.45) is -4.41. The standard InChI is InChI=1S/C9H14F3N3O2/c1-7(16)14-2-4-15(5-3-14)8(17)13-6-9(10,11)12/h2-6H2,1H3,(H,13,17). The minimum atomic E-state index is -4.41. The van der Waals surface area contributed by atoms with Crippen LogP contribution < -0.4 is 5.32 Å². The summed E-state index contributed by atoms with van der Waals surface area (Å²) in [5.41, 5.74) is 0. The summed E-state index contributed by atoms with van der Waals surface area (Å²) in [7, 11) is 0. The molecule has 0 bridgehead atoms. The third-order valence-corrected chi connectivity index (χ3v) is 2.45. The van der Waals surface area contributed by atoms with Gasteiger partial charge in [0.2, 0.25) is 5.91 Å². The highest BCUT2D eigenvalue weighted by molar-refractivity contribution is 5.76. The van der Waals surface area contributed by atoms with Crippen LogP contribution in [-0.4, -0.2) is 60.6 Å². The maximum atomic E-state index is 11.9. The van der Waals surface area contributed by atoms with Crippen molar-refractivity contribution in [2.75, 3.05) is 32.7 Å². The van der Waals surface area contributed by atoms with Crippen molar-refractivity contribution in [2.45, 2.75) is 13.1 Å². The predicted octanol–water partition coefficient (Wildman–Crippen LogP) is 0.422. The van der Waals surface area contributed by atoms with Crippen LogP contribution in [0.4, 0.5) is 18.0 Å². The van der Waals surface area contributed by atoms with E-state index in [1.165, 1.54) is 11.8 Å². The highest BCUT2D eigenvalue weighted by Gasteiger charge is 2.29. The van der Waals surface area contributed by atoms with Crippen molar-refractivity contribution in [1.29, 1.82) is 0 Å². The summed E-state index contributed by atoms with van der Waals surface area (Å²) >= 11 is 0. The Labute approximate surface area is 96.5 Å². The number of nitrogens with zero attached hydrogens (tertiary/aromatic N) is 2. The summed E-state index contributed by atoms with van der Waals surface area (Å²) in [6.45, 7) is 1.30. The average molecular weight is 253 g/mol. The van der Waals surface area contributed by atoms with E-state index in [0.29, 0.717) is 13.1 Å². The molecule has 1 heterocycles. The van der Waals surface area contributed by atoms with E-state index >= 15 is 0 Å². The lowest BCUT2D eigenvalue weighted by molar-refractivity contribution is -0.130. The molecular weight excluding hydrogens is 239 g/mol. The Hall–Kier alpha value is -1.47. The summed E-state index contributed by atoms with van der Waals surface area (Å²) in [6, 6.07) is -0.745. The number of halogens is 3. The molecule has 3 amide bonds. The van der Waals surface area contributed by atoms with Gasteiger partial charge in [0.05, 0.1) is 0 Å². The number of carbonyl (C=O) groups excluding carboxylic acids is 2. The highest BCUT2D eigenvalue weighted by Crippen LogP contribution is 2.12. The first-order chi connectivity index (χ1) is 7.79. The van der Waals surface area contributed by atoms with E-state index in [9.17, 15) is 22.8 Å². The predicted molar refractivity (Wildman–Crippen MR) is 53.3 cm³/mol. The van der Waals surface area contributed by atoms with Crippen LogP contribution in [0.5, 0.6) is 0 Å². The molecule has 0 aliphatic carbocycles. The molecule has 1 aliphatic heterocycles. The molecule has 0 aromatic heterocycles. The lowest BCUT2D eigenvalue weighted by Crippen LogP contribution is -2.53. The Morgan fingerprint density at radius 2 is 1.59 bits per heavy atom. The zero-order chi connectivity index (χ0) is 13.1. The van der Waals surface area contributed by atoms with Crippen molar-refractivity contribution in [3.8, 4) is 0 Å². The Bertz CT molecular complexity index is 298.